The lowest BCUT2D eigenvalue weighted by molar-refractivity contribution is 0.449. The molecule has 2 aromatic rings. The normalized spacial score (nSPS) is 11.2. The molecular formula is C13H15F3N4. The van der Waals surface area contributed by atoms with Crippen LogP contribution in [0.5, 0.6) is 0 Å². The van der Waals surface area contributed by atoms with E-state index in [0.29, 0.717) is 17.2 Å². The van der Waals surface area contributed by atoms with E-state index in [4.69, 9.17) is 5.73 Å². The van der Waals surface area contributed by atoms with Crippen molar-refractivity contribution in [3.05, 3.63) is 35.3 Å². The number of aryl methyl sites for hydroxylation is 1. The molecule has 0 amide bonds. The van der Waals surface area contributed by atoms with E-state index < -0.39 is 17.5 Å². The molecule has 0 bridgehead atoms. The molecule has 3 N–H and O–H groups in total. The minimum Gasteiger partial charge on any atom is -0.394 e. The van der Waals surface area contributed by atoms with E-state index in [1.165, 1.54) is 0 Å². The first-order chi connectivity index (χ1) is 9.32. The third-order valence-electron chi connectivity index (χ3n) is 2.91. The lowest BCUT2D eigenvalue weighted by atomic mass is 10.2. The van der Waals surface area contributed by atoms with Gasteiger partial charge < -0.3 is 11.1 Å². The molecule has 0 fully saturated rings. The van der Waals surface area contributed by atoms with E-state index in [1.807, 2.05) is 13.8 Å². The molecule has 0 saturated heterocycles. The van der Waals surface area contributed by atoms with E-state index in [9.17, 15) is 13.2 Å². The number of nitrogen functional groups attached to an aromatic ring is 1. The number of hydrogen-bond donors (Lipinski definition) is 2. The highest BCUT2D eigenvalue weighted by molar-refractivity contribution is 5.71. The maximum Gasteiger partial charge on any atom is 0.196 e. The Morgan fingerprint density at radius 1 is 1.20 bits per heavy atom. The van der Waals surface area contributed by atoms with Crippen LogP contribution in [0.2, 0.25) is 0 Å². The van der Waals surface area contributed by atoms with Gasteiger partial charge in [-0.1, -0.05) is 0 Å². The lowest BCUT2D eigenvalue weighted by Crippen LogP contribution is -2.09. The van der Waals surface area contributed by atoms with Gasteiger partial charge in [-0.2, -0.15) is 5.10 Å². The zero-order valence-corrected chi connectivity index (χ0v) is 11.3. The van der Waals surface area contributed by atoms with Crippen LogP contribution in [0.25, 0.3) is 0 Å². The van der Waals surface area contributed by atoms with Gasteiger partial charge >= 0.3 is 0 Å². The quantitative estimate of drug-likeness (QED) is 0.848. The van der Waals surface area contributed by atoms with Crippen LogP contribution in [0.15, 0.2) is 12.1 Å². The molecule has 0 aliphatic heterocycles. The summed E-state index contributed by atoms with van der Waals surface area (Å²) >= 11 is 0. The Balaban J connectivity index is 2.48. The highest BCUT2D eigenvalue weighted by atomic mass is 19.2. The molecule has 4 nitrogen and oxygen atoms in total. The second-order valence-electron chi connectivity index (χ2n) is 4.73. The molecule has 0 aliphatic rings. The SMILES string of the molecule is Cc1nn(C(C)C)c(Nc2ccc(F)c(F)c2F)c1N. The molecule has 1 heterocycles. The molecule has 0 radical (unpaired) electrons. The van der Waals surface area contributed by atoms with Crippen LogP contribution >= 0.6 is 0 Å². The van der Waals surface area contributed by atoms with Crippen molar-refractivity contribution in [2.75, 3.05) is 11.1 Å². The van der Waals surface area contributed by atoms with Crippen LogP contribution in [0.4, 0.5) is 30.4 Å². The summed E-state index contributed by atoms with van der Waals surface area (Å²) in [5.41, 5.74) is 6.58. The fraction of sp³-hybridized carbons (Fsp3) is 0.308. The maximum atomic E-state index is 13.7. The molecule has 20 heavy (non-hydrogen) atoms. The minimum absolute atomic E-state index is 0.0261. The Bertz CT molecular complexity index is 650. The summed E-state index contributed by atoms with van der Waals surface area (Å²) < 4.78 is 41.4. The summed E-state index contributed by atoms with van der Waals surface area (Å²) in [6.07, 6.45) is 0. The first kappa shape index (κ1) is 14.2. The average molecular weight is 284 g/mol. The maximum absolute atomic E-state index is 13.7. The van der Waals surface area contributed by atoms with Crippen LogP contribution in [-0.2, 0) is 0 Å². The first-order valence-electron chi connectivity index (χ1n) is 6.08. The summed E-state index contributed by atoms with van der Waals surface area (Å²) in [6, 6.07) is 1.93. The highest BCUT2D eigenvalue weighted by Crippen LogP contribution is 2.30. The molecule has 0 atom stereocenters. The number of nitrogens with one attached hydrogen (secondary N) is 1. The van der Waals surface area contributed by atoms with E-state index in [2.05, 4.69) is 10.4 Å². The van der Waals surface area contributed by atoms with Crippen molar-refractivity contribution >= 4 is 17.2 Å². The lowest BCUT2D eigenvalue weighted by Gasteiger charge is -2.14. The number of aromatic nitrogens is 2. The van der Waals surface area contributed by atoms with Crippen molar-refractivity contribution in [3.63, 3.8) is 0 Å². The predicted molar refractivity (Wildman–Crippen MR) is 71.4 cm³/mol. The summed E-state index contributed by atoms with van der Waals surface area (Å²) in [5.74, 6) is -3.71. The van der Waals surface area contributed by atoms with E-state index >= 15 is 0 Å². The van der Waals surface area contributed by atoms with Crippen LogP contribution in [0.1, 0.15) is 25.6 Å². The van der Waals surface area contributed by atoms with Crippen molar-refractivity contribution in [2.24, 2.45) is 0 Å². The molecule has 7 heteroatoms. The van der Waals surface area contributed by atoms with Crippen molar-refractivity contribution in [1.82, 2.24) is 9.78 Å². The van der Waals surface area contributed by atoms with Gasteiger partial charge in [-0.15, -0.1) is 0 Å². The second kappa shape index (κ2) is 5.07. The minimum atomic E-state index is -1.53. The van der Waals surface area contributed by atoms with Crippen molar-refractivity contribution in [2.45, 2.75) is 26.8 Å². The van der Waals surface area contributed by atoms with E-state index in [0.717, 1.165) is 12.1 Å². The van der Waals surface area contributed by atoms with Crippen LogP contribution in [-0.4, -0.2) is 9.78 Å². The summed E-state index contributed by atoms with van der Waals surface area (Å²) in [5, 5.41) is 6.89. The predicted octanol–water partition coefficient (Wildman–Crippen LogP) is 3.52. The van der Waals surface area contributed by atoms with Gasteiger partial charge in [-0.25, -0.2) is 17.9 Å². The van der Waals surface area contributed by atoms with E-state index in [1.54, 1.807) is 11.6 Å². The van der Waals surface area contributed by atoms with Crippen molar-refractivity contribution in [1.29, 1.82) is 0 Å². The van der Waals surface area contributed by atoms with Gasteiger partial charge in [0.05, 0.1) is 17.1 Å². The zero-order valence-electron chi connectivity index (χ0n) is 11.3. The number of anilines is 3. The fourth-order valence-electron chi connectivity index (χ4n) is 1.81. The van der Waals surface area contributed by atoms with Crippen LogP contribution < -0.4 is 11.1 Å². The number of hydrogen-bond acceptors (Lipinski definition) is 3. The van der Waals surface area contributed by atoms with Gasteiger partial charge in [0.2, 0.25) is 0 Å². The van der Waals surface area contributed by atoms with Crippen LogP contribution in [0.3, 0.4) is 0 Å². The molecule has 0 aliphatic carbocycles. The number of halogens is 3. The zero-order chi connectivity index (χ0) is 15.0. The standard InChI is InChI=1S/C13H15F3N4/c1-6(2)20-13(12(17)7(3)19-20)18-9-5-4-8(14)10(15)11(9)16/h4-6,18H,17H2,1-3H3. The first-order valence-corrected chi connectivity index (χ1v) is 6.08. The van der Waals surface area contributed by atoms with E-state index in [-0.39, 0.29) is 11.7 Å². The second-order valence-corrected chi connectivity index (χ2v) is 4.73. The summed E-state index contributed by atoms with van der Waals surface area (Å²) in [4.78, 5) is 0. The molecule has 1 aromatic carbocycles. The van der Waals surface area contributed by atoms with Gasteiger partial charge in [-0.3, -0.25) is 0 Å². The third kappa shape index (κ3) is 2.31. The topological polar surface area (TPSA) is 55.9 Å². The fourth-order valence-corrected chi connectivity index (χ4v) is 1.81. The molecule has 0 unspecified atom stereocenters. The number of nitrogens with zero attached hydrogens (tertiary/aromatic N) is 2. The Hall–Kier alpha value is -2.18. The summed E-state index contributed by atoms with van der Waals surface area (Å²) in [6.45, 7) is 5.46. The highest BCUT2D eigenvalue weighted by Gasteiger charge is 2.19. The molecule has 0 spiro atoms. The number of nitrogens with two attached hydrogens (primary N) is 1. The molecule has 2 rings (SSSR count). The molecule has 1 aromatic heterocycles. The van der Waals surface area contributed by atoms with Gasteiger partial charge in [0.1, 0.15) is 0 Å². The van der Waals surface area contributed by atoms with Crippen LogP contribution in [0, 0.1) is 24.4 Å². The molecular weight excluding hydrogens is 269 g/mol. The largest absolute Gasteiger partial charge is 0.394 e. The Labute approximate surface area is 114 Å². The van der Waals surface area contributed by atoms with Gasteiger partial charge in [-0.05, 0) is 32.9 Å². The van der Waals surface area contributed by atoms with Crippen molar-refractivity contribution < 1.29 is 13.2 Å². The van der Waals surface area contributed by atoms with Gasteiger partial charge in [0.15, 0.2) is 23.3 Å². The Morgan fingerprint density at radius 2 is 1.85 bits per heavy atom. The Kier molecular flexibility index (Phi) is 3.61. The van der Waals surface area contributed by atoms with Gasteiger partial charge in [0.25, 0.3) is 0 Å². The molecule has 0 saturated carbocycles. The number of benzene rings is 1. The molecule has 108 valence electrons. The summed E-state index contributed by atoms with van der Waals surface area (Å²) in [7, 11) is 0. The number of rotatable bonds is 3. The van der Waals surface area contributed by atoms with Crippen molar-refractivity contribution in [3.8, 4) is 0 Å². The Morgan fingerprint density at radius 3 is 2.45 bits per heavy atom. The third-order valence-corrected chi connectivity index (χ3v) is 2.91. The van der Waals surface area contributed by atoms with Gasteiger partial charge in [0, 0.05) is 6.04 Å². The monoisotopic (exact) mass is 284 g/mol. The average Bonchev–Trinajstić information content (AvgIpc) is 2.67. The smallest absolute Gasteiger partial charge is 0.196 e.